The van der Waals surface area contributed by atoms with E-state index in [1.54, 1.807) is 0 Å². The number of carbonyl (C=O) groups is 1. The van der Waals surface area contributed by atoms with Crippen LogP contribution in [0.3, 0.4) is 0 Å². The molecule has 1 N–H and O–H groups in total. The van der Waals surface area contributed by atoms with Crippen molar-refractivity contribution in [3.8, 4) is 0 Å². The van der Waals surface area contributed by atoms with Crippen LogP contribution >= 0.6 is 0 Å². The third-order valence-electron chi connectivity index (χ3n) is 6.39. The molecule has 1 amide bonds. The first-order chi connectivity index (χ1) is 13.1. The molecule has 3 heterocycles. The number of aliphatic imine (C=N–C) groups is 1. The van der Waals surface area contributed by atoms with Crippen LogP contribution in [-0.4, -0.2) is 110 Å². The molecule has 154 valence electrons. The van der Waals surface area contributed by atoms with Crippen molar-refractivity contribution >= 4 is 11.9 Å². The number of amides is 1. The van der Waals surface area contributed by atoms with Crippen LogP contribution in [0.25, 0.3) is 0 Å². The highest BCUT2D eigenvalue weighted by atomic mass is 16.2. The van der Waals surface area contributed by atoms with Crippen molar-refractivity contribution < 1.29 is 4.79 Å². The molecule has 2 atom stereocenters. The lowest BCUT2D eigenvalue weighted by Crippen LogP contribution is -2.57. The van der Waals surface area contributed by atoms with Crippen molar-refractivity contribution in [2.24, 2.45) is 4.99 Å². The normalized spacial score (nSPS) is 26.6. The fourth-order valence-electron chi connectivity index (χ4n) is 4.51. The van der Waals surface area contributed by atoms with Gasteiger partial charge >= 0.3 is 0 Å². The van der Waals surface area contributed by atoms with Gasteiger partial charge in [-0.2, -0.15) is 0 Å². The Morgan fingerprint density at radius 3 is 2.33 bits per heavy atom. The van der Waals surface area contributed by atoms with Gasteiger partial charge in [0, 0.05) is 51.9 Å². The van der Waals surface area contributed by atoms with Crippen molar-refractivity contribution in [2.45, 2.75) is 51.6 Å². The van der Waals surface area contributed by atoms with E-state index in [4.69, 9.17) is 4.99 Å². The minimum Gasteiger partial charge on any atom is -0.357 e. The first-order valence-corrected chi connectivity index (χ1v) is 10.9. The Kier molecular flexibility index (Phi) is 7.35. The molecule has 0 radical (unpaired) electrons. The van der Waals surface area contributed by atoms with E-state index in [0.717, 1.165) is 71.2 Å². The Bertz CT molecular complexity index is 511. The molecule has 0 bridgehead atoms. The van der Waals surface area contributed by atoms with E-state index >= 15 is 0 Å². The molecule has 3 rings (SSSR count). The van der Waals surface area contributed by atoms with Crippen molar-refractivity contribution in [3.63, 3.8) is 0 Å². The van der Waals surface area contributed by atoms with E-state index < -0.39 is 0 Å². The van der Waals surface area contributed by atoms with Gasteiger partial charge in [-0.25, -0.2) is 0 Å². The molecule has 7 nitrogen and oxygen atoms in total. The summed E-state index contributed by atoms with van der Waals surface area (Å²) in [6, 6.07) is 0.579. The maximum Gasteiger partial charge on any atom is 0.239 e. The highest BCUT2D eigenvalue weighted by Crippen LogP contribution is 2.16. The van der Waals surface area contributed by atoms with E-state index in [2.05, 4.69) is 40.9 Å². The van der Waals surface area contributed by atoms with E-state index in [9.17, 15) is 4.79 Å². The third-order valence-corrected chi connectivity index (χ3v) is 6.39. The quantitative estimate of drug-likeness (QED) is 0.563. The number of rotatable bonds is 5. The van der Waals surface area contributed by atoms with Gasteiger partial charge in [0.15, 0.2) is 5.96 Å². The number of piperazine rings is 1. The van der Waals surface area contributed by atoms with E-state index in [-0.39, 0.29) is 6.04 Å². The maximum atomic E-state index is 12.7. The minimum atomic E-state index is -0.00286. The standard InChI is InChI=1S/C20H38N6O/c1-4-21-20(22-16-18-8-7-9-23(18)3)26-14-12-24(13-15-26)17(2)19(27)25-10-5-6-11-25/h17-18H,4-16H2,1-3H3,(H,21,22). The van der Waals surface area contributed by atoms with Gasteiger partial charge in [-0.05, 0) is 53.1 Å². The molecule has 3 saturated heterocycles. The van der Waals surface area contributed by atoms with Crippen LogP contribution in [0.1, 0.15) is 39.5 Å². The highest BCUT2D eigenvalue weighted by Gasteiger charge is 2.30. The second-order valence-corrected chi connectivity index (χ2v) is 8.20. The number of carbonyl (C=O) groups excluding carboxylic acids is 1. The largest absolute Gasteiger partial charge is 0.357 e. The number of nitrogens with zero attached hydrogens (tertiary/aromatic N) is 5. The molecule has 2 unspecified atom stereocenters. The summed E-state index contributed by atoms with van der Waals surface area (Å²) >= 11 is 0. The summed E-state index contributed by atoms with van der Waals surface area (Å²) in [6.07, 6.45) is 4.86. The average molecular weight is 379 g/mol. The zero-order chi connectivity index (χ0) is 19.2. The summed E-state index contributed by atoms with van der Waals surface area (Å²) < 4.78 is 0. The van der Waals surface area contributed by atoms with Gasteiger partial charge in [0.2, 0.25) is 5.91 Å². The van der Waals surface area contributed by atoms with Gasteiger partial charge in [0.05, 0.1) is 12.6 Å². The summed E-state index contributed by atoms with van der Waals surface area (Å²) in [5.41, 5.74) is 0. The Labute approximate surface area is 164 Å². The van der Waals surface area contributed by atoms with Crippen molar-refractivity contribution in [3.05, 3.63) is 0 Å². The molecule has 0 saturated carbocycles. The molecule has 0 aromatic rings. The Hall–Kier alpha value is -1.34. The molecule has 0 aromatic heterocycles. The molecule has 3 aliphatic heterocycles. The zero-order valence-corrected chi connectivity index (χ0v) is 17.5. The van der Waals surface area contributed by atoms with E-state index in [0.29, 0.717) is 11.9 Å². The summed E-state index contributed by atoms with van der Waals surface area (Å²) in [6.45, 7) is 12.8. The first-order valence-electron chi connectivity index (χ1n) is 10.9. The fraction of sp³-hybridized carbons (Fsp3) is 0.900. The van der Waals surface area contributed by atoms with E-state index in [1.165, 1.54) is 19.4 Å². The Balaban J connectivity index is 1.51. The van der Waals surface area contributed by atoms with Gasteiger partial charge < -0.3 is 20.0 Å². The fourth-order valence-corrected chi connectivity index (χ4v) is 4.51. The van der Waals surface area contributed by atoms with Gasteiger partial charge in [-0.15, -0.1) is 0 Å². The highest BCUT2D eigenvalue weighted by molar-refractivity contribution is 5.82. The molecule has 0 aromatic carbocycles. The van der Waals surface area contributed by atoms with Crippen LogP contribution in [0.2, 0.25) is 0 Å². The first kappa shape index (κ1) is 20.4. The van der Waals surface area contributed by atoms with Crippen molar-refractivity contribution in [2.75, 3.05) is 66.0 Å². The molecular weight excluding hydrogens is 340 g/mol. The predicted molar refractivity (Wildman–Crippen MR) is 110 cm³/mol. The van der Waals surface area contributed by atoms with Crippen LogP contribution < -0.4 is 5.32 Å². The Morgan fingerprint density at radius 2 is 1.74 bits per heavy atom. The van der Waals surface area contributed by atoms with Crippen LogP contribution in [0.4, 0.5) is 0 Å². The molecule has 0 spiro atoms. The third kappa shape index (κ3) is 5.13. The average Bonchev–Trinajstić information content (AvgIpc) is 3.36. The minimum absolute atomic E-state index is 0.00286. The van der Waals surface area contributed by atoms with Crippen LogP contribution in [0.5, 0.6) is 0 Å². The van der Waals surface area contributed by atoms with Gasteiger partial charge in [0.1, 0.15) is 0 Å². The van der Waals surface area contributed by atoms with Crippen LogP contribution in [0, 0.1) is 0 Å². The Morgan fingerprint density at radius 1 is 1.04 bits per heavy atom. The smallest absolute Gasteiger partial charge is 0.239 e. The van der Waals surface area contributed by atoms with Crippen molar-refractivity contribution in [1.29, 1.82) is 0 Å². The second-order valence-electron chi connectivity index (χ2n) is 8.20. The molecule has 3 fully saturated rings. The summed E-state index contributed by atoms with van der Waals surface area (Å²) in [5, 5.41) is 3.47. The predicted octanol–water partition coefficient (Wildman–Crippen LogP) is 0.675. The molecule has 3 aliphatic rings. The molecule has 27 heavy (non-hydrogen) atoms. The zero-order valence-electron chi connectivity index (χ0n) is 17.5. The number of likely N-dealkylation sites (N-methyl/N-ethyl adjacent to an activating group) is 1. The summed E-state index contributed by atoms with van der Waals surface area (Å²) in [7, 11) is 2.21. The van der Waals surface area contributed by atoms with Gasteiger partial charge in [-0.3, -0.25) is 14.7 Å². The monoisotopic (exact) mass is 378 g/mol. The van der Waals surface area contributed by atoms with Gasteiger partial charge in [0.25, 0.3) is 0 Å². The molecule has 7 heteroatoms. The van der Waals surface area contributed by atoms with Gasteiger partial charge in [-0.1, -0.05) is 0 Å². The lowest BCUT2D eigenvalue weighted by molar-refractivity contribution is -0.135. The molecule has 0 aliphatic carbocycles. The topological polar surface area (TPSA) is 54.4 Å². The molecular formula is C20H38N6O. The van der Waals surface area contributed by atoms with Crippen molar-refractivity contribution in [1.82, 2.24) is 24.9 Å². The number of guanidine groups is 1. The van der Waals surface area contributed by atoms with E-state index in [1.807, 2.05) is 4.90 Å². The lowest BCUT2D eigenvalue weighted by Gasteiger charge is -2.39. The lowest BCUT2D eigenvalue weighted by atomic mass is 10.2. The number of nitrogens with one attached hydrogen (secondary N) is 1. The SMILES string of the molecule is CCNC(=NCC1CCCN1C)N1CCN(C(C)C(=O)N2CCCC2)CC1. The summed E-state index contributed by atoms with van der Waals surface area (Å²) in [5.74, 6) is 1.35. The second kappa shape index (κ2) is 9.73. The number of likely N-dealkylation sites (tertiary alicyclic amines) is 2. The number of hydrogen-bond acceptors (Lipinski definition) is 4. The number of hydrogen-bond donors (Lipinski definition) is 1. The summed E-state index contributed by atoms with van der Waals surface area (Å²) in [4.78, 5) is 26.8. The maximum absolute atomic E-state index is 12.7. The van der Waals surface area contributed by atoms with Crippen LogP contribution in [-0.2, 0) is 4.79 Å². The van der Waals surface area contributed by atoms with Crippen LogP contribution in [0.15, 0.2) is 4.99 Å².